The Kier molecular flexibility index (Phi) is 4.04. The average molecular weight is 111 g/mol. The second-order valence-corrected chi connectivity index (χ2v) is 1.70. The van der Waals surface area contributed by atoms with Gasteiger partial charge in [-0.2, -0.15) is 0 Å². The second-order valence-electron chi connectivity index (χ2n) is 1.70. The van der Waals surface area contributed by atoms with E-state index in [1.807, 2.05) is 13.0 Å². The van der Waals surface area contributed by atoms with E-state index in [9.17, 15) is 5.11 Å². The number of rotatable bonds is 2. The van der Waals surface area contributed by atoms with Crippen molar-refractivity contribution in [3.05, 3.63) is 24.0 Å². The first kappa shape index (κ1) is 7.28. The molecule has 0 aromatic rings. The van der Waals surface area contributed by atoms with E-state index in [0.29, 0.717) is 0 Å². The van der Waals surface area contributed by atoms with Crippen LogP contribution in [0.1, 0.15) is 20.3 Å². The molecule has 0 rings (SSSR count). The highest BCUT2D eigenvalue weighted by Crippen LogP contribution is 1.96. The molecule has 0 aromatic carbocycles. The summed E-state index contributed by atoms with van der Waals surface area (Å²) in [4.78, 5) is 0. The van der Waals surface area contributed by atoms with E-state index in [0.717, 1.165) is 12.7 Å². The van der Waals surface area contributed by atoms with E-state index >= 15 is 0 Å². The Hall–Kier alpha value is -0.720. The summed E-state index contributed by atoms with van der Waals surface area (Å²) in [5.74, 6) is 0. The zero-order chi connectivity index (χ0) is 6.41. The molecule has 0 aliphatic carbocycles. The zero-order valence-corrected chi connectivity index (χ0v) is 5.35. The van der Waals surface area contributed by atoms with Crippen LogP contribution in [0.15, 0.2) is 24.0 Å². The third-order valence-electron chi connectivity index (χ3n) is 1.02. The molecule has 0 fully saturated rings. The van der Waals surface area contributed by atoms with Crippen LogP contribution in [-0.2, 0) is 5.11 Å². The van der Waals surface area contributed by atoms with Gasteiger partial charge in [-0.25, -0.2) is 0 Å². The molecule has 0 unspecified atom stereocenters. The summed E-state index contributed by atoms with van der Waals surface area (Å²) in [7, 11) is 0. The molecule has 0 aliphatic heterocycles. The fourth-order valence-electron chi connectivity index (χ4n) is 0.321. The normalized spacial score (nSPS) is 13.0. The van der Waals surface area contributed by atoms with Gasteiger partial charge < -0.3 is 0 Å². The maximum Gasteiger partial charge on any atom is 0.142 e. The quantitative estimate of drug-likeness (QED) is 0.385. The SMILES string of the molecule is CC/C(C)=C/C=C/[O]. The molecular formula is C7H11O. The van der Waals surface area contributed by atoms with Crippen molar-refractivity contribution in [2.75, 3.05) is 0 Å². The first-order valence-corrected chi connectivity index (χ1v) is 2.75. The van der Waals surface area contributed by atoms with Crippen LogP contribution >= 0.6 is 0 Å². The van der Waals surface area contributed by atoms with Gasteiger partial charge >= 0.3 is 0 Å². The van der Waals surface area contributed by atoms with Gasteiger partial charge in [0.25, 0.3) is 0 Å². The lowest BCUT2D eigenvalue weighted by Gasteiger charge is -1.86. The van der Waals surface area contributed by atoms with Gasteiger partial charge in [0.15, 0.2) is 0 Å². The summed E-state index contributed by atoms with van der Waals surface area (Å²) in [6.07, 6.45) is 5.15. The first-order valence-electron chi connectivity index (χ1n) is 2.75. The molecule has 0 spiro atoms. The zero-order valence-electron chi connectivity index (χ0n) is 5.35. The van der Waals surface area contributed by atoms with Gasteiger partial charge in [0, 0.05) is 0 Å². The van der Waals surface area contributed by atoms with Crippen molar-refractivity contribution in [3.63, 3.8) is 0 Å². The van der Waals surface area contributed by atoms with Gasteiger partial charge in [0.1, 0.15) is 6.26 Å². The Morgan fingerprint density at radius 2 is 2.25 bits per heavy atom. The largest absolute Gasteiger partial charge is 0.299 e. The van der Waals surface area contributed by atoms with E-state index in [4.69, 9.17) is 0 Å². The Bertz CT molecular complexity index is 101. The molecule has 8 heavy (non-hydrogen) atoms. The predicted octanol–water partition coefficient (Wildman–Crippen LogP) is 2.29. The lowest BCUT2D eigenvalue weighted by Crippen LogP contribution is -1.66. The van der Waals surface area contributed by atoms with Crippen LogP contribution in [0.2, 0.25) is 0 Å². The van der Waals surface area contributed by atoms with Crippen LogP contribution in [0, 0.1) is 0 Å². The first-order chi connectivity index (χ1) is 3.81. The topological polar surface area (TPSA) is 19.9 Å². The second kappa shape index (κ2) is 4.44. The fourth-order valence-corrected chi connectivity index (χ4v) is 0.321. The molecule has 1 nitrogen and oxygen atoms in total. The van der Waals surface area contributed by atoms with Gasteiger partial charge in [-0.15, -0.1) is 0 Å². The van der Waals surface area contributed by atoms with Crippen LogP contribution in [0.25, 0.3) is 0 Å². The molecule has 1 heteroatoms. The molecular weight excluding hydrogens is 100 g/mol. The number of allylic oxidation sites excluding steroid dienone is 3. The highest BCUT2D eigenvalue weighted by atomic mass is 16.2. The molecule has 0 aliphatic rings. The maximum absolute atomic E-state index is 9.73. The number of hydrogen-bond donors (Lipinski definition) is 0. The van der Waals surface area contributed by atoms with E-state index < -0.39 is 0 Å². The molecule has 0 saturated heterocycles. The minimum absolute atomic E-state index is 0.791. The van der Waals surface area contributed by atoms with Crippen LogP contribution in [0.4, 0.5) is 0 Å². The van der Waals surface area contributed by atoms with Crippen molar-refractivity contribution >= 4 is 0 Å². The van der Waals surface area contributed by atoms with Crippen LogP contribution < -0.4 is 0 Å². The van der Waals surface area contributed by atoms with E-state index in [1.54, 1.807) is 0 Å². The minimum Gasteiger partial charge on any atom is -0.299 e. The summed E-state index contributed by atoms with van der Waals surface area (Å²) in [5.41, 5.74) is 1.23. The van der Waals surface area contributed by atoms with Crippen molar-refractivity contribution in [2.24, 2.45) is 0 Å². The van der Waals surface area contributed by atoms with Gasteiger partial charge in [-0.1, -0.05) is 18.6 Å². The smallest absolute Gasteiger partial charge is 0.142 e. The standard InChI is InChI=1S/C7H11O/c1-3-7(2)5-4-6-8/h4-6H,3H2,1-2H3/b6-4+,7-5+. The van der Waals surface area contributed by atoms with Crippen LogP contribution in [0.5, 0.6) is 0 Å². The molecule has 0 bridgehead atoms. The third kappa shape index (κ3) is 3.47. The molecule has 0 heterocycles. The third-order valence-corrected chi connectivity index (χ3v) is 1.02. The van der Waals surface area contributed by atoms with Gasteiger partial charge in [-0.05, 0) is 19.4 Å². The Balaban J connectivity index is 3.57. The lowest BCUT2D eigenvalue weighted by atomic mass is 10.2. The Morgan fingerprint density at radius 1 is 1.62 bits per heavy atom. The van der Waals surface area contributed by atoms with Crippen LogP contribution in [0.3, 0.4) is 0 Å². The van der Waals surface area contributed by atoms with Crippen molar-refractivity contribution in [1.82, 2.24) is 0 Å². The average Bonchev–Trinajstić information content (AvgIpc) is 1.83. The van der Waals surface area contributed by atoms with Crippen LogP contribution in [-0.4, -0.2) is 0 Å². The molecule has 0 saturated carbocycles. The van der Waals surface area contributed by atoms with Gasteiger partial charge in [-0.3, -0.25) is 5.11 Å². The van der Waals surface area contributed by atoms with Crippen molar-refractivity contribution in [2.45, 2.75) is 20.3 Å². The Labute approximate surface area is 50.3 Å². The van der Waals surface area contributed by atoms with Gasteiger partial charge in [0.05, 0.1) is 0 Å². The van der Waals surface area contributed by atoms with Crippen molar-refractivity contribution in [3.8, 4) is 0 Å². The monoisotopic (exact) mass is 111 g/mol. The molecule has 0 aromatic heterocycles. The highest BCUT2D eigenvalue weighted by Gasteiger charge is 1.76. The van der Waals surface area contributed by atoms with Crippen molar-refractivity contribution in [1.29, 1.82) is 0 Å². The van der Waals surface area contributed by atoms with E-state index in [-0.39, 0.29) is 0 Å². The predicted molar refractivity (Wildman–Crippen MR) is 33.9 cm³/mol. The molecule has 45 valence electrons. The lowest BCUT2D eigenvalue weighted by molar-refractivity contribution is 0.352. The molecule has 0 N–H and O–H groups in total. The van der Waals surface area contributed by atoms with Gasteiger partial charge in [0.2, 0.25) is 0 Å². The summed E-state index contributed by atoms with van der Waals surface area (Å²) in [6.45, 7) is 4.06. The summed E-state index contributed by atoms with van der Waals surface area (Å²) >= 11 is 0. The minimum atomic E-state index is 0.791. The molecule has 0 atom stereocenters. The molecule has 0 amide bonds. The summed E-state index contributed by atoms with van der Waals surface area (Å²) < 4.78 is 0. The molecule has 1 radical (unpaired) electrons. The van der Waals surface area contributed by atoms with Crippen molar-refractivity contribution < 1.29 is 5.11 Å². The summed E-state index contributed by atoms with van der Waals surface area (Å²) in [5, 5.41) is 9.73. The summed E-state index contributed by atoms with van der Waals surface area (Å²) in [6, 6.07) is 0. The maximum atomic E-state index is 9.73. The highest BCUT2D eigenvalue weighted by molar-refractivity contribution is 5.07. The van der Waals surface area contributed by atoms with E-state index in [2.05, 4.69) is 6.92 Å². The fraction of sp³-hybridized carbons (Fsp3) is 0.429. The number of hydrogen-bond acceptors (Lipinski definition) is 0. The Morgan fingerprint density at radius 3 is 2.62 bits per heavy atom. The van der Waals surface area contributed by atoms with E-state index in [1.165, 1.54) is 11.6 Å².